The van der Waals surface area contributed by atoms with Gasteiger partial charge in [-0.1, -0.05) is 23.5 Å². The molecule has 9 heteroatoms. The number of thiazole rings is 1. The van der Waals surface area contributed by atoms with Gasteiger partial charge in [0.05, 0.1) is 42.5 Å². The van der Waals surface area contributed by atoms with E-state index in [1.165, 1.54) is 11.3 Å². The van der Waals surface area contributed by atoms with Gasteiger partial charge in [-0.15, -0.1) is 0 Å². The number of carbonyl (C=O) groups excluding carboxylic acids is 3. The molecule has 0 aliphatic rings. The van der Waals surface area contributed by atoms with Crippen molar-refractivity contribution in [2.45, 2.75) is 26.8 Å². The largest absolute Gasteiger partial charge is 0.497 e. The first-order valence-corrected chi connectivity index (χ1v) is 10.9. The molecule has 1 heterocycles. The Morgan fingerprint density at radius 3 is 2.53 bits per heavy atom. The van der Waals surface area contributed by atoms with E-state index in [9.17, 15) is 14.4 Å². The van der Waals surface area contributed by atoms with E-state index in [1.807, 2.05) is 6.07 Å². The Kier molecular flexibility index (Phi) is 7.77. The molecule has 8 nitrogen and oxygen atoms in total. The molecule has 3 aromatic rings. The summed E-state index contributed by atoms with van der Waals surface area (Å²) in [6.07, 6.45) is 0.0823. The molecule has 1 amide bonds. The highest BCUT2D eigenvalue weighted by Gasteiger charge is 2.15. The van der Waals surface area contributed by atoms with Crippen molar-refractivity contribution in [3.8, 4) is 5.75 Å². The fourth-order valence-electron chi connectivity index (χ4n) is 3.09. The summed E-state index contributed by atoms with van der Waals surface area (Å²) in [7, 11) is 1.56. The Labute approximate surface area is 189 Å². The van der Waals surface area contributed by atoms with Crippen LogP contribution in [-0.4, -0.2) is 42.7 Å². The Balaban J connectivity index is 2.00. The van der Waals surface area contributed by atoms with Crippen LogP contribution in [0, 0.1) is 0 Å². The molecule has 0 radical (unpaired) electrons. The van der Waals surface area contributed by atoms with E-state index in [1.54, 1.807) is 61.9 Å². The predicted molar refractivity (Wildman–Crippen MR) is 120 cm³/mol. The van der Waals surface area contributed by atoms with Crippen molar-refractivity contribution in [1.29, 1.82) is 0 Å². The van der Waals surface area contributed by atoms with Gasteiger partial charge in [0.15, 0.2) is 4.80 Å². The molecule has 0 atom stereocenters. The second-order valence-electron chi connectivity index (χ2n) is 6.71. The summed E-state index contributed by atoms with van der Waals surface area (Å²) in [6.45, 7) is 3.87. The number of benzene rings is 2. The van der Waals surface area contributed by atoms with Gasteiger partial charge in [0, 0.05) is 0 Å². The van der Waals surface area contributed by atoms with Crippen LogP contribution in [0.1, 0.15) is 29.8 Å². The number of hydrogen-bond donors (Lipinski definition) is 0. The van der Waals surface area contributed by atoms with Gasteiger partial charge in [-0.3, -0.25) is 9.59 Å². The third kappa shape index (κ3) is 5.61. The number of rotatable bonds is 8. The smallest absolute Gasteiger partial charge is 0.338 e. The van der Waals surface area contributed by atoms with Crippen LogP contribution in [0.5, 0.6) is 5.75 Å². The standard InChI is InChI=1S/C23H24N2O6S/c1-4-30-21(27)14-25-18-10-9-16(22(28)31-5-2)13-19(18)32-23(25)24-20(26)12-15-7-6-8-17(11-15)29-3/h6-11,13H,4-5,12,14H2,1-3H3. The molecule has 0 spiro atoms. The van der Waals surface area contributed by atoms with Gasteiger partial charge in [0.1, 0.15) is 12.3 Å². The van der Waals surface area contributed by atoms with Gasteiger partial charge in [0.25, 0.3) is 5.91 Å². The van der Waals surface area contributed by atoms with E-state index in [2.05, 4.69) is 4.99 Å². The van der Waals surface area contributed by atoms with Crippen molar-refractivity contribution in [2.75, 3.05) is 20.3 Å². The first-order valence-electron chi connectivity index (χ1n) is 10.1. The highest BCUT2D eigenvalue weighted by molar-refractivity contribution is 7.16. The topological polar surface area (TPSA) is 96.2 Å². The molecular formula is C23H24N2O6S. The average Bonchev–Trinajstić information content (AvgIpc) is 3.10. The van der Waals surface area contributed by atoms with Crippen LogP contribution in [0.2, 0.25) is 0 Å². The first-order chi connectivity index (χ1) is 15.4. The molecule has 0 bridgehead atoms. The third-order valence-electron chi connectivity index (χ3n) is 4.50. The number of fused-ring (bicyclic) bond motifs is 1. The molecule has 0 aliphatic carbocycles. The summed E-state index contributed by atoms with van der Waals surface area (Å²) in [4.78, 5) is 41.5. The Morgan fingerprint density at radius 2 is 1.81 bits per heavy atom. The van der Waals surface area contributed by atoms with Gasteiger partial charge in [0.2, 0.25) is 0 Å². The molecule has 0 saturated carbocycles. The zero-order valence-electron chi connectivity index (χ0n) is 18.1. The van der Waals surface area contributed by atoms with Crippen molar-refractivity contribution in [1.82, 2.24) is 4.57 Å². The second-order valence-corrected chi connectivity index (χ2v) is 7.72. The van der Waals surface area contributed by atoms with E-state index in [0.717, 1.165) is 5.56 Å². The van der Waals surface area contributed by atoms with Crippen LogP contribution in [0.3, 0.4) is 0 Å². The molecule has 1 aromatic heterocycles. The van der Waals surface area contributed by atoms with Crippen molar-refractivity contribution >= 4 is 39.4 Å². The van der Waals surface area contributed by atoms with Crippen LogP contribution in [0.25, 0.3) is 10.2 Å². The molecule has 2 aromatic carbocycles. The van der Waals surface area contributed by atoms with E-state index >= 15 is 0 Å². The lowest BCUT2D eigenvalue weighted by atomic mass is 10.1. The number of methoxy groups -OCH3 is 1. The number of ether oxygens (including phenoxy) is 3. The minimum Gasteiger partial charge on any atom is -0.497 e. The van der Waals surface area contributed by atoms with Crippen LogP contribution >= 0.6 is 11.3 Å². The molecule has 0 saturated heterocycles. The average molecular weight is 457 g/mol. The predicted octanol–water partition coefficient (Wildman–Crippen LogP) is 3.12. The van der Waals surface area contributed by atoms with Gasteiger partial charge < -0.3 is 18.8 Å². The van der Waals surface area contributed by atoms with Gasteiger partial charge >= 0.3 is 11.9 Å². The summed E-state index contributed by atoms with van der Waals surface area (Å²) in [6, 6.07) is 12.2. The maximum absolute atomic E-state index is 12.7. The number of aromatic nitrogens is 1. The number of amides is 1. The number of carbonyl (C=O) groups is 3. The van der Waals surface area contributed by atoms with Crippen LogP contribution in [-0.2, 0) is 32.0 Å². The van der Waals surface area contributed by atoms with Crippen molar-refractivity contribution < 1.29 is 28.6 Å². The minimum absolute atomic E-state index is 0.0823. The van der Waals surface area contributed by atoms with Crippen molar-refractivity contribution in [3.05, 3.63) is 58.4 Å². The summed E-state index contributed by atoms with van der Waals surface area (Å²) in [5, 5.41) is 0. The highest BCUT2D eigenvalue weighted by Crippen LogP contribution is 2.20. The van der Waals surface area contributed by atoms with Crippen molar-refractivity contribution in [2.24, 2.45) is 4.99 Å². The monoisotopic (exact) mass is 456 g/mol. The van der Waals surface area contributed by atoms with Crippen LogP contribution < -0.4 is 9.54 Å². The molecular weight excluding hydrogens is 432 g/mol. The van der Waals surface area contributed by atoms with Crippen LogP contribution in [0.4, 0.5) is 0 Å². The van der Waals surface area contributed by atoms with E-state index in [4.69, 9.17) is 14.2 Å². The zero-order chi connectivity index (χ0) is 23.1. The van der Waals surface area contributed by atoms with Crippen molar-refractivity contribution in [3.63, 3.8) is 0 Å². The molecule has 0 fully saturated rings. The van der Waals surface area contributed by atoms with Crippen LogP contribution in [0.15, 0.2) is 47.5 Å². The molecule has 3 rings (SSSR count). The molecule has 0 unspecified atom stereocenters. The van der Waals surface area contributed by atoms with E-state index < -0.39 is 11.9 Å². The molecule has 0 N–H and O–H groups in total. The zero-order valence-corrected chi connectivity index (χ0v) is 18.9. The Morgan fingerprint density at radius 1 is 1.03 bits per heavy atom. The summed E-state index contributed by atoms with van der Waals surface area (Å²) >= 11 is 1.22. The second kappa shape index (κ2) is 10.7. The minimum atomic E-state index is -0.441. The maximum Gasteiger partial charge on any atom is 0.338 e. The number of nitrogens with zero attached hydrogens (tertiary/aromatic N) is 2. The lowest BCUT2D eigenvalue weighted by molar-refractivity contribution is -0.143. The normalized spacial score (nSPS) is 11.4. The van der Waals surface area contributed by atoms with E-state index in [0.29, 0.717) is 26.3 Å². The maximum atomic E-state index is 12.7. The summed E-state index contributed by atoms with van der Waals surface area (Å²) in [5.74, 6) is -0.593. The lowest BCUT2D eigenvalue weighted by Crippen LogP contribution is -2.23. The van der Waals surface area contributed by atoms with E-state index in [-0.39, 0.29) is 32.1 Å². The quantitative estimate of drug-likeness (QED) is 0.483. The fraction of sp³-hybridized carbons (Fsp3) is 0.304. The summed E-state index contributed by atoms with van der Waals surface area (Å²) < 4.78 is 17.6. The highest BCUT2D eigenvalue weighted by atomic mass is 32.1. The lowest BCUT2D eigenvalue weighted by Gasteiger charge is -2.06. The molecule has 32 heavy (non-hydrogen) atoms. The fourth-order valence-corrected chi connectivity index (χ4v) is 4.18. The number of hydrogen-bond acceptors (Lipinski definition) is 7. The van der Waals surface area contributed by atoms with Gasteiger partial charge in [-0.25, -0.2) is 4.79 Å². The SMILES string of the molecule is CCOC(=O)Cn1c(=NC(=O)Cc2cccc(OC)c2)sc2cc(C(=O)OCC)ccc21. The summed E-state index contributed by atoms with van der Waals surface area (Å²) in [5.41, 5.74) is 1.82. The third-order valence-corrected chi connectivity index (χ3v) is 5.54. The first kappa shape index (κ1) is 23.2. The number of esters is 2. The Bertz CT molecular complexity index is 1210. The Hall–Kier alpha value is -3.46. The van der Waals surface area contributed by atoms with Gasteiger partial charge in [-0.05, 0) is 49.7 Å². The molecule has 168 valence electrons. The van der Waals surface area contributed by atoms with Gasteiger partial charge in [-0.2, -0.15) is 4.99 Å². The molecule has 0 aliphatic heterocycles.